The van der Waals surface area contributed by atoms with E-state index in [4.69, 9.17) is 0 Å². The fourth-order valence-corrected chi connectivity index (χ4v) is 3.02. The number of carbonyl (C=O) groups is 1. The molecule has 0 aliphatic carbocycles. The summed E-state index contributed by atoms with van der Waals surface area (Å²) in [5, 5.41) is 9.52. The smallest absolute Gasteiger partial charge is 0.240 e. The highest BCUT2D eigenvalue weighted by molar-refractivity contribution is 7.89. The number of rotatable bonds is 9. The molecular formula is C15H23NO4S. The second-order valence-corrected chi connectivity index (χ2v) is 7.03. The summed E-state index contributed by atoms with van der Waals surface area (Å²) in [4.78, 5) is 11.1. The van der Waals surface area contributed by atoms with E-state index in [1.165, 1.54) is 6.92 Å². The minimum absolute atomic E-state index is 0.0393. The number of unbranched alkanes of at least 4 members (excludes halogenated alkanes) is 1. The van der Waals surface area contributed by atoms with Crippen LogP contribution in [0.3, 0.4) is 0 Å². The van der Waals surface area contributed by atoms with Gasteiger partial charge in [0.25, 0.3) is 0 Å². The highest BCUT2D eigenvalue weighted by atomic mass is 32.2. The van der Waals surface area contributed by atoms with Crippen molar-refractivity contribution in [2.75, 3.05) is 6.54 Å². The van der Waals surface area contributed by atoms with E-state index in [0.29, 0.717) is 25.8 Å². The number of hydrogen-bond acceptors (Lipinski definition) is 4. The van der Waals surface area contributed by atoms with Gasteiger partial charge in [0.05, 0.1) is 11.0 Å². The molecule has 0 amide bonds. The molecule has 1 atom stereocenters. The first-order valence-corrected chi connectivity index (χ1v) is 8.53. The monoisotopic (exact) mass is 313 g/mol. The maximum atomic E-state index is 12.0. The molecule has 118 valence electrons. The summed E-state index contributed by atoms with van der Waals surface area (Å²) in [5.74, 6) is -0.0393. The fraction of sp³-hybridized carbons (Fsp3) is 0.533. The maximum absolute atomic E-state index is 12.0. The zero-order valence-electron chi connectivity index (χ0n) is 12.5. The zero-order valence-corrected chi connectivity index (χ0v) is 13.3. The topological polar surface area (TPSA) is 83.5 Å². The Bertz CT molecular complexity index is 552. The Labute approximate surface area is 126 Å². The summed E-state index contributed by atoms with van der Waals surface area (Å²) in [5.41, 5.74) is 1.01. The molecule has 0 unspecified atom stereocenters. The molecule has 0 fully saturated rings. The van der Waals surface area contributed by atoms with E-state index >= 15 is 0 Å². The number of carbonyl (C=O) groups excluding carboxylic acids is 1. The van der Waals surface area contributed by atoms with Crippen molar-refractivity contribution in [1.82, 2.24) is 4.72 Å². The summed E-state index contributed by atoms with van der Waals surface area (Å²) in [6.45, 7) is 3.66. The Balaban J connectivity index is 2.31. The van der Waals surface area contributed by atoms with E-state index in [0.717, 1.165) is 5.56 Å². The number of benzene rings is 1. The summed E-state index contributed by atoms with van der Waals surface area (Å²) in [6, 6.07) is 6.67. The van der Waals surface area contributed by atoms with Gasteiger partial charge in [0.15, 0.2) is 0 Å². The van der Waals surface area contributed by atoms with Crippen LogP contribution in [0.25, 0.3) is 0 Å². The summed E-state index contributed by atoms with van der Waals surface area (Å²) in [6.07, 6.45) is 1.34. The van der Waals surface area contributed by atoms with Crippen molar-refractivity contribution in [3.63, 3.8) is 0 Å². The minimum atomic E-state index is -3.46. The lowest BCUT2D eigenvalue weighted by Gasteiger charge is -2.09. The number of nitrogens with one attached hydrogen (secondary N) is 1. The quantitative estimate of drug-likeness (QED) is 0.681. The summed E-state index contributed by atoms with van der Waals surface area (Å²) >= 11 is 0. The number of sulfonamides is 1. The number of aryl methyl sites for hydroxylation is 1. The van der Waals surface area contributed by atoms with Crippen molar-refractivity contribution in [1.29, 1.82) is 0 Å². The largest absolute Gasteiger partial charge is 0.393 e. The van der Waals surface area contributed by atoms with Gasteiger partial charge in [-0.15, -0.1) is 0 Å². The highest BCUT2D eigenvalue weighted by Gasteiger charge is 2.13. The number of aliphatic hydroxyl groups excluding tert-OH is 1. The van der Waals surface area contributed by atoms with E-state index in [-0.39, 0.29) is 17.1 Å². The lowest BCUT2D eigenvalue weighted by Crippen LogP contribution is -2.25. The van der Waals surface area contributed by atoms with Gasteiger partial charge in [0, 0.05) is 13.0 Å². The lowest BCUT2D eigenvalue weighted by molar-refractivity contribution is -0.118. The first-order chi connectivity index (χ1) is 9.81. The van der Waals surface area contributed by atoms with Crippen LogP contribution in [-0.2, 0) is 14.8 Å². The van der Waals surface area contributed by atoms with Crippen LogP contribution in [0.1, 0.15) is 38.2 Å². The second kappa shape index (κ2) is 8.26. The molecule has 0 aromatic heterocycles. The predicted octanol–water partition coefficient (Wildman–Crippen LogP) is 1.78. The molecule has 0 spiro atoms. The normalized spacial score (nSPS) is 13.1. The first-order valence-electron chi connectivity index (χ1n) is 7.05. The molecule has 0 saturated carbocycles. The van der Waals surface area contributed by atoms with E-state index in [1.54, 1.807) is 24.3 Å². The van der Waals surface area contributed by atoms with Crippen molar-refractivity contribution in [2.24, 2.45) is 0 Å². The minimum Gasteiger partial charge on any atom is -0.393 e. The van der Waals surface area contributed by atoms with Crippen molar-refractivity contribution < 1.29 is 18.3 Å². The van der Waals surface area contributed by atoms with Gasteiger partial charge >= 0.3 is 0 Å². The Morgan fingerprint density at radius 3 is 2.43 bits per heavy atom. The Morgan fingerprint density at radius 1 is 1.24 bits per heavy atom. The summed E-state index contributed by atoms with van der Waals surface area (Å²) in [7, 11) is -3.46. The van der Waals surface area contributed by atoms with E-state index in [9.17, 15) is 18.3 Å². The molecule has 0 aliphatic heterocycles. The molecule has 0 heterocycles. The molecular weight excluding hydrogens is 290 g/mol. The van der Waals surface area contributed by atoms with Crippen LogP contribution in [0.2, 0.25) is 0 Å². The summed E-state index contributed by atoms with van der Waals surface area (Å²) < 4.78 is 26.5. The van der Waals surface area contributed by atoms with Crippen LogP contribution < -0.4 is 4.72 Å². The molecule has 0 bridgehead atoms. The average Bonchev–Trinajstić information content (AvgIpc) is 2.37. The van der Waals surface area contributed by atoms with Crippen molar-refractivity contribution in [3.8, 4) is 0 Å². The van der Waals surface area contributed by atoms with Gasteiger partial charge in [-0.1, -0.05) is 17.7 Å². The second-order valence-electron chi connectivity index (χ2n) is 5.27. The van der Waals surface area contributed by atoms with Gasteiger partial charge < -0.3 is 5.11 Å². The van der Waals surface area contributed by atoms with Gasteiger partial charge in [-0.25, -0.2) is 13.1 Å². The highest BCUT2D eigenvalue weighted by Crippen LogP contribution is 2.10. The Morgan fingerprint density at radius 2 is 1.86 bits per heavy atom. The molecule has 0 saturated heterocycles. The Kier molecular flexibility index (Phi) is 7.01. The molecule has 1 aromatic rings. The van der Waals surface area contributed by atoms with E-state index < -0.39 is 16.1 Å². The molecule has 0 aliphatic rings. The van der Waals surface area contributed by atoms with Gasteiger partial charge in [0.2, 0.25) is 10.0 Å². The molecule has 0 radical (unpaired) electrons. The van der Waals surface area contributed by atoms with Crippen LogP contribution in [0.5, 0.6) is 0 Å². The maximum Gasteiger partial charge on any atom is 0.240 e. The number of Topliss-reactive ketones (excluding diaryl/α,β-unsaturated/α-hetero) is 1. The van der Waals surface area contributed by atoms with E-state index in [2.05, 4.69) is 4.72 Å². The van der Waals surface area contributed by atoms with Gasteiger partial charge in [-0.2, -0.15) is 0 Å². The SMILES string of the molecule is CC(=O)C[C@H](O)CCCCNS(=O)(=O)c1ccc(C)cc1. The van der Waals surface area contributed by atoms with Crippen molar-refractivity contribution >= 4 is 15.8 Å². The number of aliphatic hydroxyl groups is 1. The zero-order chi connectivity index (χ0) is 15.9. The molecule has 1 rings (SSSR count). The van der Waals surface area contributed by atoms with Crippen LogP contribution in [0.4, 0.5) is 0 Å². The third kappa shape index (κ3) is 6.84. The molecule has 21 heavy (non-hydrogen) atoms. The fourth-order valence-electron chi connectivity index (χ4n) is 1.95. The van der Waals surface area contributed by atoms with Crippen LogP contribution in [-0.4, -0.2) is 32.0 Å². The number of hydrogen-bond donors (Lipinski definition) is 2. The Hall–Kier alpha value is -1.24. The third-order valence-corrected chi connectivity index (χ3v) is 4.59. The average molecular weight is 313 g/mol. The van der Waals surface area contributed by atoms with Gasteiger partial charge in [-0.05, 0) is 45.2 Å². The van der Waals surface area contributed by atoms with Crippen molar-refractivity contribution in [2.45, 2.75) is 50.5 Å². The van der Waals surface area contributed by atoms with Gasteiger partial charge in [0.1, 0.15) is 5.78 Å². The van der Waals surface area contributed by atoms with Crippen molar-refractivity contribution in [3.05, 3.63) is 29.8 Å². The molecule has 1 aromatic carbocycles. The third-order valence-electron chi connectivity index (χ3n) is 3.11. The first kappa shape index (κ1) is 17.8. The van der Waals surface area contributed by atoms with Crippen LogP contribution in [0, 0.1) is 6.92 Å². The predicted molar refractivity (Wildman–Crippen MR) is 81.5 cm³/mol. The van der Waals surface area contributed by atoms with E-state index in [1.807, 2.05) is 6.92 Å². The molecule has 5 nitrogen and oxygen atoms in total. The molecule has 6 heteroatoms. The van der Waals surface area contributed by atoms with Crippen LogP contribution in [0.15, 0.2) is 29.2 Å². The molecule has 2 N–H and O–H groups in total. The lowest BCUT2D eigenvalue weighted by atomic mass is 10.1. The van der Waals surface area contributed by atoms with Crippen LogP contribution >= 0.6 is 0 Å². The number of ketones is 1. The standard InChI is InChI=1S/C15H23NO4S/c1-12-6-8-15(9-7-12)21(19,20)16-10-4-3-5-14(18)11-13(2)17/h6-9,14,16,18H,3-5,10-11H2,1-2H3/t14-/m1/s1. The van der Waals surface area contributed by atoms with Gasteiger partial charge in [-0.3, -0.25) is 4.79 Å².